The van der Waals surface area contributed by atoms with Gasteiger partial charge in [-0.1, -0.05) is 57.8 Å². The number of aliphatic hydroxyl groups is 1. The van der Waals surface area contributed by atoms with Gasteiger partial charge in [0.1, 0.15) is 0 Å². The van der Waals surface area contributed by atoms with E-state index in [0.29, 0.717) is 0 Å². The second-order valence-corrected chi connectivity index (χ2v) is 4.52. The third kappa shape index (κ3) is 3.68. The van der Waals surface area contributed by atoms with E-state index in [4.69, 9.17) is 5.11 Å². The summed E-state index contributed by atoms with van der Waals surface area (Å²) >= 11 is 0. The van der Waals surface area contributed by atoms with Crippen molar-refractivity contribution in [3.63, 3.8) is 0 Å². The van der Waals surface area contributed by atoms with Crippen molar-refractivity contribution < 1.29 is 5.11 Å². The van der Waals surface area contributed by atoms with Gasteiger partial charge in [-0.05, 0) is 11.8 Å². The average Bonchev–Trinajstić information content (AvgIpc) is 2.03. The van der Waals surface area contributed by atoms with Crippen molar-refractivity contribution in [3.8, 4) is 0 Å². The number of aliphatic hydroxyl groups excluding tert-OH is 1. The highest BCUT2D eigenvalue weighted by molar-refractivity contribution is 4.73. The van der Waals surface area contributed by atoms with Crippen LogP contribution in [0.25, 0.3) is 0 Å². The molecular formula is C12H24O. The molecule has 0 amide bonds. The van der Waals surface area contributed by atoms with Crippen LogP contribution in [0.3, 0.4) is 0 Å². The molecule has 3 aliphatic carbocycles. The van der Waals surface area contributed by atoms with Crippen LogP contribution in [-0.2, 0) is 0 Å². The predicted molar refractivity (Wildman–Crippen MR) is 56.7 cm³/mol. The second kappa shape index (κ2) is 6.42. The van der Waals surface area contributed by atoms with Crippen LogP contribution in [0.15, 0.2) is 0 Å². The first-order valence-electron chi connectivity index (χ1n) is 5.90. The molecular weight excluding hydrogens is 160 g/mol. The Kier molecular flexibility index (Phi) is 5.45. The minimum Gasteiger partial charge on any atom is -0.400 e. The minimum atomic E-state index is 1.00. The fourth-order valence-corrected chi connectivity index (χ4v) is 2.95. The molecule has 0 saturated heterocycles. The van der Waals surface area contributed by atoms with Crippen molar-refractivity contribution in [3.05, 3.63) is 0 Å². The Bertz CT molecular complexity index is 86.5. The topological polar surface area (TPSA) is 20.2 Å². The summed E-state index contributed by atoms with van der Waals surface area (Å²) in [4.78, 5) is 0. The van der Waals surface area contributed by atoms with E-state index in [2.05, 4.69) is 0 Å². The highest BCUT2D eigenvalue weighted by Gasteiger charge is 2.20. The quantitative estimate of drug-likeness (QED) is 0.612. The third-order valence-corrected chi connectivity index (χ3v) is 3.67. The molecule has 0 unspecified atom stereocenters. The van der Waals surface area contributed by atoms with Crippen LogP contribution in [0.1, 0.15) is 57.8 Å². The normalized spacial score (nSPS) is 33.7. The van der Waals surface area contributed by atoms with Crippen LogP contribution in [-0.4, -0.2) is 12.2 Å². The summed E-state index contributed by atoms with van der Waals surface area (Å²) in [5.41, 5.74) is 0. The molecule has 0 heterocycles. The van der Waals surface area contributed by atoms with Crippen LogP contribution in [0.5, 0.6) is 0 Å². The van der Waals surface area contributed by atoms with Crippen LogP contribution >= 0.6 is 0 Å². The summed E-state index contributed by atoms with van der Waals surface area (Å²) in [7, 11) is 1.00. The fraction of sp³-hybridized carbons (Fsp3) is 1.00. The molecule has 2 bridgehead atoms. The summed E-state index contributed by atoms with van der Waals surface area (Å²) in [5, 5.41) is 7.00. The van der Waals surface area contributed by atoms with Gasteiger partial charge in [0, 0.05) is 7.11 Å². The summed E-state index contributed by atoms with van der Waals surface area (Å²) in [6.45, 7) is 0. The van der Waals surface area contributed by atoms with E-state index >= 15 is 0 Å². The molecule has 1 nitrogen and oxygen atoms in total. The fourth-order valence-electron chi connectivity index (χ4n) is 2.95. The molecule has 3 fully saturated rings. The average molecular weight is 184 g/mol. The third-order valence-electron chi connectivity index (χ3n) is 3.67. The van der Waals surface area contributed by atoms with Crippen molar-refractivity contribution in [2.45, 2.75) is 57.8 Å². The Morgan fingerprint density at radius 3 is 1.08 bits per heavy atom. The molecule has 3 aliphatic rings. The lowest BCUT2D eigenvalue weighted by Crippen LogP contribution is -2.14. The van der Waals surface area contributed by atoms with Crippen molar-refractivity contribution in [2.75, 3.05) is 7.11 Å². The largest absolute Gasteiger partial charge is 0.400 e. The molecule has 1 heteroatoms. The number of hydrogen-bond donors (Lipinski definition) is 1. The molecule has 13 heavy (non-hydrogen) atoms. The summed E-state index contributed by atoms with van der Waals surface area (Å²) < 4.78 is 0. The molecule has 0 atom stereocenters. The van der Waals surface area contributed by atoms with E-state index in [0.717, 1.165) is 18.9 Å². The maximum Gasteiger partial charge on any atom is 0.0319 e. The molecule has 0 spiro atoms. The van der Waals surface area contributed by atoms with Gasteiger partial charge in [0.25, 0.3) is 0 Å². The summed E-state index contributed by atoms with van der Waals surface area (Å²) in [6, 6.07) is 0. The van der Waals surface area contributed by atoms with Gasteiger partial charge in [-0.15, -0.1) is 0 Å². The number of fused-ring (bicyclic) bond motifs is 6. The van der Waals surface area contributed by atoms with Gasteiger partial charge < -0.3 is 5.11 Å². The van der Waals surface area contributed by atoms with E-state index in [1.54, 1.807) is 38.5 Å². The lowest BCUT2D eigenvalue weighted by molar-refractivity contribution is 0.247. The molecule has 3 rings (SSSR count). The molecule has 1 N–H and O–H groups in total. The van der Waals surface area contributed by atoms with Gasteiger partial charge in [-0.3, -0.25) is 0 Å². The van der Waals surface area contributed by atoms with Gasteiger partial charge in [0.2, 0.25) is 0 Å². The Labute approximate surface area is 82.5 Å². The van der Waals surface area contributed by atoms with E-state index < -0.39 is 0 Å². The lowest BCUT2D eigenvalue weighted by Gasteiger charge is -2.28. The smallest absolute Gasteiger partial charge is 0.0319 e. The zero-order valence-electron chi connectivity index (χ0n) is 8.97. The summed E-state index contributed by atoms with van der Waals surface area (Å²) in [6.07, 6.45) is 13.9. The first-order valence-corrected chi connectivity index (χ1v) is 5.90. The Hall–Kier alpha value is -0.0400. The highest BCUT2D eigenvalue weighted by Crippen LogP contribution is 2.35. The van der Waals surface area contributed by atoms with Crippen molar-refractivity contribution >= 4 is 0 Å². The number of hydrogen-bond acceptors (Lipinski definition) is 1. The zero-order chi connectivity index (χ0) is 9.52. The number of rotatable bonds is 0. The van der Waals surface area contributed by atoms with Gasteiger partial charge >= 0.3 is 0 Å². The van der Waals surface area contributed by atoms with Crippen molar-refractivity contribution in [1.82, 2.24) is 0 Å². The molecule has 0 aliphatic heterocycles. The predicted octanol–water partition coefficient (Wildman–Crippen LogP) is 3.37. The van der Waals surface area contributed by atoms with E-state index in [9.17, 15) is 0 Å². The molecule has 3 saturated carbocycles. The van der Waals surface area contributed by atoms with E-state index in [1.165, 1.54) is 19.3 Å². The van der Waals surface area contributed by atoms with Crippen LogP contribution in [0.2, 0.25) is 0 Å². The monoisotopic (exact) mass is 184 g/mol. The highest BCUT2D eigenvalue weighted by atomic mass is 16.2. The van der Waals surface area contributed by atoms with Gasteiger partial charge in [0.05, 0.1) is 0 Å². The van der Waals surface area contributed by atoms with Gasteiger partial charge in [-0.25, -0.2) is 0 Å². The van der Waals surface area contributed by atoms with Crippen molar-refractivity contribution in [1.29, 1.82) is 0 Å². The first-order chi connectivity index (χ1) is 6.45. The molecule has 78 valence electrons. The van der Waals surface area contributed by atoms with Gasteiger partial charge in [-0.2, -0.15) is 0 Å². The van der Waals surface area contributed by atoms with E-state index in [1.807, 2.05) is 0 Å². The summed E-state index contributed by atoms with van der Waals surface area (Å²) in [5.74, 6) is 2.24. The SMILES string of the molecule is C1CC2CCCC(C1)CCC2.CO. The second-order valence-electron chi connectivity index (χ2n) is 4.52. The Morgan fingerprint density at radius 2 is 0.846 bits per heavy atom. The van der Waals surface area contributed by atoms with Crippen molar-refractivity contribution in [2.24, 2.45) is 11.8 Å². The molecule has 0 aromatic rings. The first kappa shape index (κ1) is 11.0. The Morgan fingerprint density at radius 1 is 0.615 bits per heavy atom. The molecule has 0 radical (unpaired) electrons. The minimum absolute atomic E-state index is 1.00. The van der Waals surface area contributed by atoms with E-state index in [-0.39, 0.29) is 0 Å². The zero-order valence-corrected chi connectivity index (χ0v) is 8.97. The van der Waals surface area contributed by atoms with Gasteiger partial charge in [0.15, 0.2) is 0 Å². The van der Waals surface area contributed by atoms with Crippen LogP contribution in [0, 0.1) is 11.8 Å². The maximum absolute atomic E-state index is 7.00. The van der Waals surface area contributed by atoms with Crippen LogP contribution < -0.4 is 0 Å². The Balaban J connectivity index is 0.000000396. The standard InChI is InChI=1S/C11H20.CH4O/c1-4-10-6-2-7-11(5-1)9-3-8-10;1-2/h10-11H,1-9H2;2H,1H3. The maximum atomic E-state index is 7.00. The molecule has 0 aromatic heterocycles. The molecule has 0 aromatic carbocycles. The lowest BCUT2D eigenvalue weighted by atomic mass is 9.78. The van der Waals surface area contributed by atoms with Crippen LogP contribution in [0.4, 0.5) is 0 Å².